The van der Waals surface area contributed by atoms with Gasteiger partial charge in [0.1, 0.15) is 5.75 Å². The number of hydrogen-bond acceptors (Lipinski definition) is 25. The van der Waals surface area contributed by atoms with Crippen LogP contribution in [-0.2, 0) is 0 Å². The van der Waals surface area contributed by atoms with Crippen LogP contribution in [0.2, 0.25) is 25.1 Å². The number of ether oxygens (including phenoxy) is 7. The lowest BCUT2D eigenvalue weighted by Gasteiger charge is -2.11. The summed E-state index contributed by atoms with van der Waals surface area (Å²) in [6.45, 7) is 22.5. The minimum Gasteiger partial charge on any atom is -0.504 e. The summed E-state index contributed by atoms with van der Waals surface area (Å²) in [7, 11) is 1.49. The van der Waals surface area contributed by atoms with Gasteiger partial charge in [-0.05, 0) is 287 Å². The van der Waals surface area contributed by atoms with Gasteiger partial charge in [-0.1, -0.05) is 147 Å². The van der Waals surface area contributed by atoms with Crippen molar-refractivity contribution in [1.82, 2.24) is 32.6 Å². The molecule has 756 valence electrons. The maximum atomic E-state index is 12.2. The molecule has 6 amide bonds. The van der Waals surface area contributed by atoms with Crippen LogP contribution in [0.4, 0.5) is 0 Å². The monoisotopic (exact) mass is 2440 g/mol. The van der Waals surface area contributed by atoms with Crippen molar-refractivity contribution < 1.29 is 92.6 Å². The topological polar surface area (TPSA) is 435 Å². The lowest BCUT2D eigenvalue weighted by molar-refractivity contribution is 0.0944. The number of hydrazone groups is 6. The van der Waals surface area contributed by atoms with Crippen molar-refractivity contribution >= 4 is 226 Å². The van der Waals surface area contributed by atoms with E-state index in [2.05, 4.69) is 159 Å². The maximum Gasteiger partial charge on any atom is 0.275 e. The summed E-state index contributed by atoms with van der Waals surface area (Å²) < 4.78 is 41.1. The van der Waals surface area contributed by atoms with Crippen LogP contribution in [-0.4, -0.2) is 150 Å². The Bertz CT molecular complexity index is 6780. The molecule has 144 heavy (non-hydrogen) atoms. The third kappa shape index (κ3) is 34.5. The van der Waals surface area contributed by atoms with Gasteiger partial charge in [-0.3, -0.25) is 28.8 Å². The lowest BCUT2D eigenvalue weighted by Crippen LogP contribution is -2.19. The Hall–Kier alpha value is -12.8. The van der Waals surface area contributed by atoms with E-state index in [-0.39, 0.29) is 85.2 Å². The Kier molecular flexibility index (Phi) is 49.3. The van der Waals surface area contributed by atoms with Gasteiger partial charge in [0.2, 0.25) is 0 Å². The predicted octanol–water partition coefficient (Wildman–Crippen LogP) is 24.7. The highest BCUT2D eigenvalue weighted by Crippen LogP contribution is 2.44. The molecule has 0 saturated carbocycles. The van der Waals surface area contributed by atoms with Crippen LogP contribution in [0.25, 0.3) is 0 Å². The number of benzene rings is 12. The molecule has 12 aromatic rings. The molecule has 0 spiro atoms. The fourth-order valence-electron chi connectivity index (χ4n) is 12.1. The molecule has 0 aliphatic rings. The molecule has 0 heterocycles. The van der Waals surface area contributed by atoms with E-state index in [0.29, 0.717) is 178 Å². The molecule has 0 radical (unpaired) electrons. The quantitative estimate of drug-likeness (QED) is 0.0142. The number of nitrogens with zero attached hydrogens (tertiary/aromatic N) is 6. The fraction of sp³-hybridized carbons (Fsp3) is 0.176. The Balaban J connectivity index is 0.000000234. The molecule has 31 nitrogen and oxygen atoms in total. The van der Waals surface area contributed by atoms with Crippen molar-refractivity contribution in [2.75, 3.05) is 46.8 Å². The smallest absolute Gasteiger partial charge is 0.275 e. The van der Waals surface area contributed by atoms with Crippen LogP contribution in [0.5, 0.6) is 74.7 Å². The summed E-state index contributed by atoms with van der Waals surface area (Å²) in [5, 5.41) is 86.1. The van der Waals surface area contributed by atoms with Gasteiger partial charge >= 0.3 is 0 Å². The molecule has 12 N–H and O–H groups in total. The number of aromatic hydroxyl groups is 6. The van der Waals surface area contributed by atoms with Crippen LogP contribution < -0.4 is 65.7 Å². The van der Waals surface area contributed by atoms with E-state index < -0.39 is 11.8 Å². The second-order valence-corrected chi connectivity index (χ2v) is 36.1. The number of amides is 6. The Morgan fingerprint density at radius 2 is 0.625 bits per heavy atom. The third-order valence-corrected chi connectivity index (χ3v) is 26.5. The largest absolute Gasteiger partial charge is 0.504 e. The number of phenols is 6. The van der Waals surface area contributed by atoms with E-state index in [1.807, 2.05) is 78.8 Å². The lowest BCUT2D eigenvalue weighted by atomic mass is 10.0. The van der Waals surface area contributed by atoms with Crippen molar-refractivity contribution in [3.8, 4) is 74.7 Å². The molecule has 12 aromatic carbocycles. The Labute approximate surface area is 906 Å². The van der Waals surface area contributed by atoms with Gasteiger partial charge in [0.05, 0.1) is 122 Å². The number of para-hydroxylation sites is 2. The van der Waals surface area contributed by atoms with E-state index in [4.69, 9.17) is 91.2 Å². The van der Waals surface area contributed by atoms with Crippen LogP contribution in [0.3, 0.4) is 0 Å². The average molecular weight is 2450 g/mol. The van der Waals surface area contributed by atoms with Crippen LogP contribution in [0.1, 0.15) is 165 Å². The van der Waals surface area contributed by atoms with Gasteiger partial charge in [-0.15, -0.1) is 0 Å². The number of carbonyl (C=O) groups is 6. The number of nitrogens with one attached hydrogen (secondary N) is 6. The normalized spacial score (nSPS) is 10.8. The van der Waals surface area contributed by atoms with Crippen molar-refractivity contribution in [1.29, 1.82) is 0 Å². The third-order valence-electron chi connectivity index (χ3n) is 19.5. The number of hydrogen-bond donors (Lipinski definition) is 12. The van der Waals surface area contributed by atoms with Crippen molar-refractivity contribution in [2.45, 2.75) is 76.2 Å². The van der Waals surface area contributed by atoms with Crippen LogP contribution in [0, 0.1) is 34.6 Å². The zero-order valence-electron chi connectivity index (χ0n) is 78.9. The van der Waals surface area contributed by atoms with Gasteiger partial charge < -0.3 is 63.8 Å². The number of halogens is 11. The molecule has 0 fully saturated rings. The SMILES string of the molecule is CCOc1cc(Br)c(Br)c(/C=N/NC(=O)c2cccc(Cl)c2C)c1O.CCOc1cc(Br)c(Br)c(/C=N/NC(=O)c2ccccc2OC)c1O.CCOc1cc(Br)cc(/C=N/NC(=O)c2cccc(C)c2C)c1O.CCOc1cc(Cl)c(Cl)c(/C=N/NC(=O)c2ccccc2C)c1O.CCOc1cc(Cl)cc(/C=N/NC(=O)c2ccccc2Br)c1O.CCOc1cccc(/C=N/NC(=O)c2cccc(Cl)c2C)c1O. The maximum absolute atomic E-state index is 12.2. The summed E-state index contributed by atoms with van der Waals surface area (Å²) in [5.41, 5.74) is 23.5. The highest BCUT2D eigenvalue weighted by Gasteiger charge is 2.23. The number of phenolic OH excluding ortho intramolecular Hbond substituents is 6. The molecular weight excluding hydrogens is 2350 g/mol. The highest BCUT2D eigenvalue weighted by molar-refractivity contribution is 9.13. The van der Waals surface area contributed by atoms with Gasteiger partial charge in [0, 0.05) is 93.0 Å². The molecule has 0 saturated heterocycles. The molecular formula is C102H97Br6Cl5N12O19. The van der Waals surface area contributed by atoms with Crippen LogP contribution in [0.15, 0.2) is 246 Å². The van der Waals surface area contributed by atoms with E-state index in [9.17, 15) is 59.4 Å². The predicted molar refractivity (Wildman–Crippen MR) is 586 cm³/mol. The zero-order chi connectivity index (χ0) is 106. The molecule has 0 aliphatic heterocycles. The van der Waals surface area contributed by atoms with E-state index in [1.54, 1.807) is 167 Å². The van der Waals surface area contributed by atoms with Crippen molar-refractivity contribution in [2.24, 2.45) is 30.6 Å². The zero-order valence-corrected chi connectivity index (χ0v) is 92.2. The summed E-state index contributed by atoms with van der Waals surface area (Å²) in [6.07, 6.45) is 7.94. The molecule has 0 aromatic heterocycles. The minimum absolute atomic E-state index is 0.0220. The minimum atomic E-state index is -0.427. The molecule has 0 aliphatic carbocycles. The fourth-order valence-corrected chi connectivity index (χ4v) is 15.7. The number of aryl methyl sites for hydroxylation is 2. The van der Waals surface area contributed by atoms with Gasteiger partial charge in [0.25, 0.3) is 35.4 Å². The van der Waals surface area contributed by atoms with E-state index >= 15 is 0 Å². The number of methoxy groups -OCH3 is 1. The second kappa shape index (κ2) is 60.1. The van der Waals surface area contributed by atoms with Gasteiger partial charge in [0.15, 0.2) is 69.0 Å². The molecule has 0 bridgehead atoms. The standard InChI is InChI=1S/C18H19BrN2O3.C17H15Br2ClN2O3.C17H16Br2N2O4.C17H16Cl2N2O3.C17H17ClN2O3.C16H14BrClN2O3/c1-4-24-16-9-14(19)8-13(17(16)22)10-20-21-18(23)15-7-5-6-11(2)12(15)3;1-3-25-14-7-12(18)15(19)11(16(14)23)8-21-22-17(24)10-5-4-6-13(20)9(10)2;1-3-25-14-8-12(18)15(19)11(16(14)22)9-20-21-17(23)10-6-4-5-7-13(10)24-2;1-3-24-14-8-13(18)15(19)12(16(14)22)9-20-21-17(23)11-7-5-4-6-10(11)2;1-3-23-15-9-4-6-12(16(15)21)10-19-20-17(22)13-7-5-8-14(18)11(13)2;1-2-23-14-8-11(18)7-10(15(14)21)9-19-20-16(22)12-5-3-4-6-13(12)17/h5-10,22H,4H2,1-3H3,(H,21,23);4-8,23H,3H2,1-2H3,(H,22,24);4-9,22H,3H2,1-2H3,(H,21,23);4-9,22H,3H2,1-2H3,(H,21,23);4-10,21H,3H2,1-2H3,(H,20,22);3-9,21H,2H2,1H3,(H,20,22)/b20-10+;21-8+;2*20-9+;19-10+;19-9+. The van der Waals surface area contributed by atoms with Gasteiger partial charge in [-0.2, -0.15) is 30.6 Å². The van der Waals surface area contributed by atoms with Crippen molar-refractivity contribution in [3.63, 3.8) is 0 Å². The van der Waals surface area contributed by atoms with Gasteiger partial charge in [-0.25, -0.2) is 32.6 Å². The second-order valence-electron chi connectivity index (χ2n) is 29.0. The molecule has 0 atom stereocenters. The summed E-state index contributed by atoms with van der Waals surface area (Å²) in [6, 6.07) is 52.7. The number of carbonyl (C=O) groups excluding carboxylic acids is 6. The Morgan fingerprint density at radius 3 is 1.09 bits per heavy atom. The number of rotatable bonds is 31. The summed E-state index contributed by atoms with van der Waals surface area (Å²) >= 11 is 50.2. The highest BCUT2D eigenvalue weighted by atomic mass is 79.9. The summed E-state index contributed by atoms with van der Waals surface area (Å²) in [5.74, 6) is -0.462. The first-order chi connectivity index (χ1) is 68.8. The first-order valence-corrected chi connectivity index (χ1v) is 49.7. The van der Waals surface area contributed by atoms with E-state index in [1.165, 1.54) is 62.6 Å². The van der Waals surface area contributed by atoms with Crippen LogP contribution >= 0.6 is 154 Å². The Morgan fingerprint density at radius 1 is 0.299 bits per heavy atom. The average Bonchev–Trinajstić information content (AvgIpc) is 0.814. The molecule has 42 heteroatoms. The first-order valence-electron chi connectivity index (χ1n) is 43.1. The summed E-state index contributed by atoms with van der Waals surface area (Å²) in [4.78, 5) is 72.8. The first kappa shape index (κ1) is 118. The molecule has 12 rings (SSSR count). The van der Waals surface area contributed by atoms with E-state index in [0.717, 1.165) is 21.2 Å². The van der Waals surface area contributed by atoms with Crippen molar-refractivity contribution in [3.05, 3.63) is 335 Å². The molecule has 0 unspecified atom stereocenters.